The van der Waals surface area contributed by atoms with Gasteiger partial charge in [-0.05, 0) is 40.2 Å². The highest BCUT2D eigenvalue weighted by Gasteiger charge is 2.32. The van der Waals surface area contributed by atoms with Crippen molar-refractivity contribution in [3.8, 4) is 6.07 Å². The fraction of sp³-hybridized carbons (Fsp3) is 0.737. The molecule has 0 aliphatic carbocycles. The van der Waals surface area contributed by atoms with Crippen molar-refractivity contribution in [2.45, 2.75) is 59.2 Å². The third-order valence-corrected chi connectivity index (χ3v) is 7.41. The first-order valence-electron chi connectivity index (χ1n) is 9.54. The quantitative estimate of drug-likeness (QED) is 0.728. The van der Waals surface area contributed by atoms with Crippen LogP contribution in [0.3, 0.4) is 0 Å². The summed E-state index contributed by atoms with van der Waals surface area (Å²) in [6.07, 6.45) is 0.587. The van der Waals surface area contributed by atoms with E-state index in [1.807, 2.05) is 44.3 Å². The summed E-state index contributed by atoms with van der Waals surface area (Å²) in [4.78, 5) is 14.3. The van der Waals surface area contributed by atoms with Gasteiger partial charge in [-0.15, -0.1) is 0 Å². The van der Waals surface area contributed by atoms with Crippen molar-refractivity contribution in [3.05, 3.63) is 17.0 Å². The summed E-state index contributed by atoms with van der Waals surface area (Å²) in [5.41, 5.74) is 1.89. The summed E-state index contributed by atoms with van der Waals surface area (Å²) in [6, 6.07) is 2.06. The average Bonchev–Trinajstić information content (AvgIpc) is 3.07. The van der Waals surface area contributed by atoms with Crippen LogP contribution in [0.4, 0.5) is 0 Å². The Morgan fingerprint density at radius 1 is 1.46 bits per heavy atom. The molecule has 0 radical (unpaired) electrons. The number of nitrogens with zero attached hydrogens (tertiary/aromatic N) is 4. The second-order valence-electron chi connectivity index (χ2n) is 8.34. The third kappa shape index (κ3) is 4.92. The third-order valence-electron chi connectivity index (χ3n) is 5.66. The number of hydrogen-bond donors (Lipinski definition) is 1. The predicted octanol–water partition coefficient (Wildman–Crippen LogP) is 1.35. The van der Waals surface area contributed by atoms with Gasteiger partial charge in [0.15, 0.2) is 9.84 Å². The van der Waals surface area contributed by atoms with E-state index in [1.165, 1.54) is 0 Å². The molecular weight excluding hydrogens is 378 g/mol. The van der Waals surface area contributed by atoms with Crippen LogP contribution in [0.2, 0.25) is 0 Å². The fourth-order valence-electron chi connectivity index (χ4n) is 3.45. The molecule has 8 nitrogen and oxygen atoms in total. The van der Waals surface area contributed by atoms with Gasteiger partial charge < -0.3 is 5.32 Å². The number of amides is 1. The van der Waals surface area contributed by atoms with E-state index < -0.39 is 15.4 Å². The highest BCUT2D eigenvalue weighted by Crippen LogP contribution is 2.27. The smallest absolute Gasteiger partial charge is 0.235 e. The van der Waals surface area contributed by atoms with E-state index in [-0.39, 0.29) is 35.9 Å². The van der Waals surface area contributed by atoms with Crippen molar-refractivity contribution >= 4 is 15.7 Å². The number of sulfone groups is 1. The first-order valence-corrected chi connectivity index (χ1v) is 11.4. The minimum Gasteiger partial charge on any atom is -0.337 e. The van der Waals surface area contributed by atoms with Crippen LogP contribution in [-0.2, 0) is 21.2 Å². The lowest BCUT2D eigenvalue weighted by Gasteiger charge is -2.28. The van der Waals surface area contributed by atoms with Gasteiger partial charge in [0.05, 0.1) is 35.9 Å². The Balaban J connectivity index is 2.06. The second-order valence-corrected chi connectivity index (χ2v) is 10.6. The monoisotopic (exact) mass is 409 g/mol. The minimum absolute atomic E-state index is 0.00262. The van der Waals surface area contributed by atoms with Crippen LogP contribution >= 0.6 is 0 Å². The molecule has 1 aliphatic heterocycles. The molecule has 2 heterocycles. The van der Waals surface area contributed by atoms with Crippen molar-refractivity contribution in [2.75, 3.05) is 25.1 Å². The lowest BCUT2D eigenvalue weighted by Crippen LogP contribution is -2.51. The van der Waals surface area contributed by atoms with Crippen LogP contribution in [0, 0.1) is 31.1 Å². The summed E-state index contributed by atoms with van der Waals surface area (Å²) in [5.74, 6) is 0.134. The van der Waals surface area contributed by atoms with Crippen LogP contribution in [0.1, 0.15) is 50.2 Å². The Morgan fingerprint density at radius 3 is 2.61 bits per heavy atom. The van der Waals surface area contributed by atoms with Crippen LogP contribution in [0.5, 0.6) is 0 Å². The molecule has 1 saturated heterocycles. The summed E-state index contributed by atoms with van der Waals surface area (Å²) in [6.45, 7) is 10.1. The topological polar surface area (TPSA) is 108 Å². The molecule has 1 aromatic heterocycles. The summed E-state index contributed by atoms with van der Waals surface area (Å²) < 4.78 is 25.4. The number of aromatic nitrogens is 2. The molecule has 0 spiro atoms. The first-order chi connectivity index (χ1) is 12.9. The highest BCUT2D eigenvalue weighted by molar-refractivity contribution is 7.91. The highest BCUT2D eigenvalue weighted by atomic mass is 32.2. The van der Waals surface area contributed by atoms with Crippen LogP contribution in [0.25, 0.3) is 0 Å². The normalized spacial score (nSPS) is 20.9. The van der Waals surface area contributed by atoms with Crippen LogP contribution in [-0.4, -0.2) is 59.6 Å². The Morgan fingerprint density at radius 2 is 2.11 bits per heavy atom. The Kier molecular flexibility index (Phi) is 6.56. The van der Waals surface area contributed by atoms with Gasteiger partial charge in [-0.3, -0.25) is 14.4 Å². The molecular formula is C19H31N5O3S. The maximum atomic E-state index is 12.4. The molecule has 1 amide bonds. The van der Waals surface area contributed by atoms with Crippen LogP contribution in [0.15, 0.2) is 0 Å². The lowest BCUT2D eigenvalue weighted by molar-refractivity contribution is -0.123. The van der Waals surface area contributed by atoms with Crippen molar-refractivity contribution in [3.63, 3.8) is 0 Å². The van der Waals surface area contributed by atoms with Gasteiger partial charge in [0.1, 0.15) is 5.54 Å². The predicted molar refractivity (Wildman–Crippen MR) is 107 cm³/mol. The van der Waals surface area contributed by atoms with Gasteiger partial charge in [0.2, 0.25) is 5.91 Å². The maximum Gasteiger partial charge on any atom is 0.235 e. The molecule has 0 bridgehead atoms. The van der Waals surface area contributed by atoms with Crippen molar-refractivity contribution in [2.24, 2.45) is 5.92 Å². The number of nitrogens with one attached hydrogen (secondary N) is 1. The molecule has 0 aromatic carbocycles. The number of carbonyl (C=O) groups excluding carboxylic acids is 1. The molecule has 0 saturated carbocycles. The SMILES string of the molecule is Cc1nn([C@@H]2CCS(=O)(=O)C2)c(C)c1CN(C)CC(=O)N[C@@](C)(C#N)C(C)C. The lowest BCUT2D eigenvalue weighted by atomic mass is 9.90. The van der Waals surface area contributed by atoms with E-state index >= 15 is 0 Å². The van der Waals surface area contributed by atoms with Gasteiger partial charge in [-0.1, -0.05) is 13.8 Å². The van der Waals surface area contributed by atoms with Gasteiger partial charge in [-0.2, -0.15) is 10.4 Å². The van der Waals surface area contributed by atoms with Gasteiger partial charge in [0.25, 0.3) is 0 Å². The van der Waals surface area contributed by atoms with E-state index in [0.29, 0.717) is 13.0 Å². The van der Waals surface area contributed by atoms with Gasteiger partial charge >= 0.3 is 0 Å². The summed E-state index contributed by atoms with van der Waals surface area (Å²) >= 11 is 0. The fourth-order valence-corrected chi connectivity index (χ4v) is 5.14. The molecule has 1 N–H and O–H groups in total. The molecule has 2 rings (SSSR count). The Labute approximate surface area is 167 Å². The zero-order chi connectivity index (χ0) is 21.3. The van der Waals surface area contributed by atoms with Crippen molar-refractivity contribution in [1.82, 2.24) is 20.0 Å². The number of hydrogen-bond acceptors (Lipinski definition) is 6. The van der Waals surface area contributed by atoms with E-state index in [2.05, 4.69) is 16.5 Å². The van der Waals surface area contributed by atoms with E-state index in [1.54, 1.807) is 6.92 Å². The molecule has 28 heavy (non-hydrogen) atoms. The summed E-state index contributed by atoms with van der Waals surface area (Å²) in [5, 5.41) is 16.7. The first kappa shape index (κ1) is 22.4. The zero-order valence-electron chi connectivity index (χ0n) is 17.6. The zero-order valence-corrected chi connectivity index (χ0v) is 18.4. The van der Waals surface area contributed by atoms with Gasteiger partial charge in [-0.25, -0.2) is 8.42 Å². The largest absolute Gasteiger partial charge is 0.337 e. The molecule has 1 aliphatic rings. The van der Waals surface area contributed by atoms with Crippen LogP contribution < -0.4 is 5.32 Å². The number of likely N-dealkylation sites (N-methyl/N-ethyl adjacent to an activating group) is 1. The number of nitriles is 1. The average molecular weight is 410 g/mol. The molecule has 156 valence electrons. The van der Waals surface area contributed by atoms with E-state index in [0.717, 1.165) is 17.0 Å². The second kappa shape index (κ2) is 8.21. The van der Waals surface area contributed by atoms with E-state index in [9.17, 15) is 18.5 Å². The van der Waals surface area contributed by atoms with E-state index in [4.69, 9.17) is 0 Å². The van der Waals surface area contributed by atoms with Crippen molar-refractivity contribution < 1.29 is 13.2 Å². The molecule has 9 heteroatoms. The van der Waals surface area contributed by atoms with Gasteiger partial charge in [0, 0.05) is 17.8 Å². The molecule has 1 aromatic rings. The number of rotatable bonds is 7. The number of carbonyl (C=O) groups is 1. The molecule has 2 atom stereocenters. The Hall–Kier alpha value is -1.92. The van der Waals surface area contributed by atoms with Crippen molar-refractivity contribution in [1.29, 1.82) is 5.26 Å². The summed E-state index contributed by atoms with van der Waals surface area (Å²) in [7, 11) is -1.14. The Bertz CT molecular complexity index is 884. The molecule has 1 fully saturated rings. The number of aryl methyl sites for hydroxylation is 1. The standard InChI is InChI=1S/C19H31N5O3S/c1-13(2)19(5,12-20)21-18(25)10-23(6)9-17-14(3)22-24(15(17)4)16-7-8-28(26,27)11-16/h13,16H,7-11H2,1-6H3,(H,21,25)/t16-,19+/m1/s1. The maximum absolute atomic E-state index is 12.4. The molecule has 0 unspecified atom stereocenters. The minimum atomic E-state index is -2.98.